The summed E-state index contributed by atoms with van der Waals surface area (Å²) in [6.07, 6.45) is 7.15. The summed E-state index contributed by atoms with van der Waals surface area (Å²) in [5, 5.41) is 9.23. The third kappa shape index (κ3) is 4.72. The van der Waals surface area contributed by atoms with Gasteiger partial charge in [0.2, 0.25) is 0 Å². The fourth-order valence-electron chi connectivity index (χ4n) is 6.73. The van der Waals surface area contributed by atoms with Gasteiger partial charge in [0.05, 0.1) is 12.2 Å². The second kappa shape index (κ2) is 9.68. The van der Waals surface area contributed by atoms with E-state index in [-0.39, 0.29) is 25.1 Å². The van der Waals surface area contributed by atoms with E-state index in [1.807, 2.05) is 19.1 Å². The molecule has 0 heterocycles. The molecule has 4 aliphatic carbocycles. The van der Waals surface area contributed by atoms with Crippen molar-refractivity contribution in [1.82, 2.24) is 0 Å². The number of aliphatic hydroxyl groups is 1. The van der Waals surface area contributed by atoms with Gasteiger partial charge in [0.25, 0.3) is 0 Å². The van der Waals surface area contributed by atoms with Crippen LogP contribution in [0, 0.1) is 17.8 Å². The average molecular weight is 467 g/mol. The number of esters is 1. The molecule has 2 aromatic rings. The molecule has 34 heavy (non-hydrogen) atoms. The van der Waals surface area contributed by atoms with Crippen LogP contribution in [-0.4, -0.2) is 31.3 Å². The van der Waals surface area contributed by atoms with Gasteiger partial charge in [-0.05, 0) is 105 Å². The summed E-state index contributed by atoms with van der Waals surface area (Å²) in [5.74, 6) is 3.16. The Balaban J connectivity index is 1.42. The molecule has 1 N–H and O–H groups in total. The van der Waals surface area contributed by atoms with Crippen molar-refractivity contribution in [2.45, 2.75) is 63.8 Å². The highest BCUT2D eigenvalue weighted by Gasteiger charge is 2.52. The number of rotatable bonds is 9. The molecule has 6 heteroatoms. The molecule has 4 saturated carbocycles. The number of carbonyl (C=O) groups excluding carboxylic acids is 1. The minimum Gasteiger partial charge on any atom is -0.467 e. The van der Waals surface area contributed by atoms with Crippen molar-refractivity contribution in [3.05, 3.63) is 59.2 Å². The third-order valence-corrected chi connectivity index (χ3v) is 7.99. The summed E-state index contributed by atoms with van der Waals surface area (Å²) in [4.78, 5) is 13.0. The Morgan fingerprint density at radius 3 is 2.26 bits per heavy atom. The van der Waals surface area contributed by atoms with Crippen LogP contribution in [0.3, 0.4) is 0 Å². The van der Waals surface area contributed by atoms with Gasteiger partial charge in [-0.1, -0.05) is 12.1 Å². The molecule has 0 spiro atoms. The zero-order chi connectivity index (χ0) is 23.7. The van der Waals surface area contributed by atoms with Crippen molar-refractivity contribution in [3.8, 4) is 11.5 Å². The van der Waals surface area contributed by atoms with E-state index in [9.17, 15) is 9.90 Å². The first-order valence-electron chi connectivity index (χ1n) is 12.3. The van der Waals surface area contributed by atoms with Gasteiger partial charge in [-0.3, -0.25) is 0 Å². The maximum absolute atomic E-state index is 13.0. The lowest BCUT2D eigenvalue weighted by molar-refractivity contribution is -0.150. The van der Waals surface area contributed by atoms with Crippen LogP contribution >= 0.6 is 0 Å². The van der Waals surface area contributed by atoms with Crippen LogP contribution in [0.4, 0.5) is 0 Å². The van der Waals surface area contributed by atoms with Crippen molar-refractivity contribution >= 4 is 5.97 Å². The number of aliphatic hydroxyl groups excluding tert-OH is 1. The van der Waals surface area contributed by atoms with Crippen molar-refractivity contribution in [2.75, 3.05) is 13.9 Å². The normalized spacial score (nSPS) is 28.0. The summed E-state index contributed by atoms with van der Waals surface area (Å²) in [6.45, 7) is 1.88. The molecule has 0 aromatic heterocycles. The topological polar surface area (TPSA) is 74.2 Å². The molecule has 1 atom stereocenters. The first-order valence-corrected chi connectivity index (χ1v) is 12.3. The minimum atomic E-state index is -0.390. The predicted octanol–water partition coefficient (Wildman–Crippen LogP) is 5.21. The first-order chi connectivity index (χ1) is 16.5. The number of ether oxygens (including phenoxy) is 4. The number of benzene rings is 2. The molecule has 6 rings (SSSR count). The van der Waals surface area contributed by atoms with E-state index in [0.717, 1.165) is 53.9 Å². The zero-order valence-electron chi connectivity index (χ0n) is 20.0. The molecule has 4 bridgehead atoms. The Morgan fingerprint density at radius 1 is 1.03 bits per heavy atom. The van der Waals surface area contributed by atoms with Crippen LogP contribution in [0.1, 0.15) is 66.9 Å². The van der Waals surface area contributed by atoms with Crippen LogP contribution in [0.5, 0.6) is 11.5 Å². The molecule has 4 aliphatic rings. The molecule has 1 unspecified atom stereocenters. The van der Waals surface area contributed by atoms with Crippen molar-refractivity contribution < 1.29 is 28.8 Å². The fraction of sp³-hybridized carbons (Fsp3) is 0.536. The van der Waals surface area contributed by atoms with Gasteiger partial charge >= 0.3 is 5.97 Å². The molecular weight excluding hydrogens is 432 g/mol. The molecule has 0 saturated heterocycles. The standard InChI is InChI=1S/C28H34O6/c1-18(31-2)32-17-33-26-8-5-23(27(30)34-24-6-3-19(16-29)4-7-24)12-25(26)28-13-20-9-21(14-28)11-22(10-20)15-28/h3-8,12,18,20-22,29H,9-11,13-17H2,1-2H3. The second-order valence-corrected chi connectivity index (χ2v) is 10.3. The van der Waals surface area contributed by atoms with Crippen molar-refractivity contribution in [2.24, 2.45) is 17.8 Å². The van der Waals surface area contributed by atoms with E-state index in [1.54, 1.807) is 37.4 Å². The van der Waals surface area contributed by atoms with Crippen molar-refractivity contribution in [1.29, 1.82) is 0 Å². The van der Waals surface area contributed by atoms with Gasteiger partial charge in [0.15, 0.2) is 13.1 Å². The van der Waals surface area contributed by atoms with Crippen LogP contribution < -0.4 is 9.47 Å². The molecule has 0 amide bonds. The van der Waals surface area contributed by atoms with Gasteiger partial charge in [-0.2, -0.15) is 0 Å². The van der Waals surface area contributed by atoms with E-state index < -0.39 is 5.97 Å². The Morgan fingerprint density at radius 2 is 1.68 bits per heavy atom. The molecule has 0 radical (unpaired) electrons. The van der Waals surface area contributed by atoms with E-state index >= 15 is 0 Å². The average Bonchev–Trinajstić information content (AvgIpc) is 2.83. The van der Waals surface area contributed by atoms with Gasteiger partial charge in [0, 0.05) is 12.7 Å². The highest BCUT2D eigenvalue weighted by atomic mass is 16.7. The minimum absolute atomic E-state index is 0.0447. The van der Waals surface area contributed by atoms with Gasteiger partial charge in [-0.15, -0.1) is 0 Å². The van der Waals surface area contributed by atoms with Gasteiger partial charge < -0.3 is 24.1 Å². The maximum atomic E-state index is 13.0. The van der Waals surface area contributed by atoms with Crippen molar-refractivity contribution in [3.63, 3.8) is 0 Å². The quantitative estimate of drug-likeness (QED) is 0.311. The highest BCUT2D eigenvalue weighted by molar-refractivity contribution is 5.91. The van der Waals surface area contributed by atoms with E-state index in [0.29, 0.717) is 11.3 Å². The largest absolute Gasteiger partial charge is 0.467 e. The summed E-state index contributed by atoms with van der Waals surface area (Å²) in [5.41, 5.74) is 2.46. The summed E-state index contributed by atoms with van der Waals surface area (Å²) >= 11 is 0. The van der Waals surface area contributed by atoms with Crippen LogP contribution in [0.25, 0.3) is 0 Å². The van der Waals surface area contributed by atoms with Crippen LogP contribution in [-0.2, 0) is 21.5 Å². The monoisotopic (exact) mass is 466 g/mol. The lowest BCUT2D eigenvalue weighted by Gasteiger charge is -2.57. The Labute approximate surface area is 201 Å². The molecule has 0 aliphatic heterocycles. The summed E-state index contributed by atoms with van der Waals surface area (Å²) < 4.78 is 22.5. The van der Waals surface area contributed by atoms with Crippen LogP contribution in [0.15, 0.2) is 42.5 Å². The first kappa shape index (κ1) is 23.3. The van der Waals surface area contributed by atoms with E-state index in [4.69, 9.17) is 18.9 Å². The lowest BCUT2D eigenvalue weighted by Crippen LogP contribution is -2.48. The van der Waals surface area contributed by atoms with Gasteiger partial charge in [-0.25, -0.2) is 4.79 Å². The molecule has 4 fully saturated rings. The smallest absolute Gasteiger partial charge is 0.343 e. The SMILES string of the molecule is COC(C)OCOc1ccc(C(=O)Oc2ccc(CO)cc2)cc1C12CC3CC(CC(C3)C1)C2. The summed E-state index contributed by atoms with van der Waals surface area (Å²) in [6, 6.07) is 12.6. The Hall–Kier alpha value is -2.41. The number of carbonyl (C=O) groups is 1. The highest BCUT2D eigenvalue weighted by Crippen LogP contribution is 2.62. The maximum Gasteiger partial charge on any atom is 0.343 e. The Kier molecular flexibility index (Phi) is 6.65. The zero-order valence-corrected chi connectivity index (χ0v) is 20.0. The summed E-state index contributed by atoms with van der Waals surface area (Å²) in [7, 11) is 1.60. The molecular formula is C28H34O6. The molecule has 182 valence electrons. The molecule has 6 nitrogen and oxygen atoms in total. The second-order valence-electron chi connectivity index (χ2n) is 10.3. The van der Waals surface area contributed by atoms with E-state index in [2.05, 4.69) is 0 Å². The third-order valence-electron chi connectivity index (χ3n) is 7.99. The number of methoxy groups -OCH3 is 1. The lowest BCUT2D eigenvalue weighted by atomic mass is 9.48. The van der Waals surface area contributed by atoms with Gasteiger partial charge in [0.1, 0.15) is 11.5 Å². The molecule has 2 aromatic carbocycles. The fourth-order valence-corrected chi connectivity index (χ4v) is 6.73. The number of hydrogen-bond acceptors (Lipinski definition) is 6. The number of hydrogen-bond donors (Lipinski definition) is 1. The Bertz CT molecular complexity index is 979. The van der Waals surface area contributed by atoms with E-state index in [1.165, 1.54) is 19.3 Å². The predicted molar refractivity (Wildman–Crippen MR) is 127 cm³/mol. The van der Waals surface area contributed by atoms with Crippen LogP contribution in [0.2, 0.25) is 0 Å².